The minimum Gasteiger partial charge on any atom is -0.491 e. The van der Waals surface area contributed by atoms with Crippen molar-refractivity contribution < 1.29 is 32.2 Å². The molecule has 0 aliphatic carbocycles. The molecular formula is C25H24F3N3O4. The molecule has 0 fully saturated rings. The van der Waals surface area contributed by atoms with Gasteiger partial charge in [0.05, 0.1) is 17.9 Å². The Kier molecular flexibility index (Phi) is 8.69. The summed E-state index contributed by atoms with van der Waals surface area (Å²) in [5.74, 6) is 0.0804. The van der Waals surface area contributed by atoms with Crippen molar-refractivity contribution in [3.05, 3.63) is 89.5 Å². The standard InChI is InChI=1S/C25H24F3N3O4/c1-34-13-14-35-20-10-7-17(8-11-20)16-29-24(33)31-22-12-9-19(15-21(22)25(26,27)28)30-23(32)18-5-3-2-4-6-18/h2-12,15H,13-14,16H2,1H3,(H,30,32)(H2,29,31,33). The molecule has 0 atom stereocenters. The summed E-state index contributed by atoms with van der Waals surface area (Å²) in [6.45, 7) is 0.938. The van der Waals surface area contributed by atoms with Crippen molar-refractivity contribution in [1.82, 2.24) is 5.32 Å². The van der Waals surface area contributed by atoms with Crippen molar-refractivity contribution in [3.8, 4) is 5.75 Å². The lowest BCUT2D eigenvalue weighted by molar-refractivity contribution is -0.136. The highest BCUT2D eigenvalue weighted by Crippen LogP contribution is 2.36. The highest BCUT2D eigenvalue weighted by molar-refractivity contribution is 6.04. The summed E-state index contributed by atoms with van der Waals surface area (Å²) in [6, 6.07) is 17.3. The molecule has 3 N–H and O–H groups in total. The number of nitrogens with one attached hydrogen (secondary N) is 3. The van der Waals surface area contributed by atoms with Gasteiger partial charge in [-0.15, -0.1) is 0 Å². The number of carbonyl (C=O) groups is 2. The third-order valence-electron chi connectivity index (χ3n) is 4.80. The van der Waals surface area contributed by atoms with Crippen molar-refractivity contribution >= 4 is 23.3 Å². The Bertz CT molecular complexity index is 1140. The highest BCUT2D eigenvalue weighted by atomic mass is 19.4. The van der Waals surface area contributed by atoms with Crippen LogP contribution in [0.5, 0.6) is 5.75 Å². The minimum atomic E-state index is -4.76. The molecule has 0 aliphatic heterocycles. The molecule has 7 nitrogen and oxygen atoms in total. The van der Waals surface area contributed by atoms with E-state index in [1.54, 1.807) is 61.7 Å². The summed E-state index contributed by atoms with van der Waals surface area (Å²) in [4.78, 5) is 24.5. The van der Waals surface area contributed by atoms with E-state index in [0.717, 1.165) is 17.7 Å². The molecule has 0 bridgehead atoms. The van der Waals surface area contributed by atoms with Gasteiger partial charge in [0, 0.05) is 24.9 Å². The topological polar surface area (TPSA) is 88.7 Å². The van der Waals surface area contributed by atoms with Crippen LogP contribution in [0.15, 0.2) is 72.8 Å². The van der Waals surface area contributed by atoms with E-state index in [2.05, 4.69) is 16.0 Å². The Morgan fingerprint density at radius 2 is 1.60 bits per heavy atom. The summed E-state index contributed by atoms with van der Waals surface area (Å²) in [6.07, 6.45) is -4.76. The second kappa shape index (κ2) is 11.9. The number of rotatable bonds is 9. The molecule has 35 heavy (non-hydrogen) atoms. The van der Waals surface area contributed by atoms with Crippen LogP contribution in [0.1, 0.15) is 21.5 Å². The van der Waals surface area contributed by atoms with E-state index < -0.39 is 29.4 Å². The van der Waals surface area contributed by atoms with Gasteiger partial charge in [0.15, 0.2) is 0 Å². The van der Waals surface area contributed by atoms with Crippen LogP contribution in [0.25, 0.3) is 0 Å². The van der Waals surface area contributed by atoms with E-state index in [1.807, 2.05) is 0 Å². The van der Waals surface area contributed by atoms with E-state index in [4.69, 9.17) is 9.47 Å². The fourth-order valence-corrected chi connectivity index (χ4v) is 3.05. The van der Waals surface area contributed by atoms with Gasteiger partial charge in [0.1, 0.15) is 12.4 Å². The van der Waals surface area contributed by atoms with E-state index in [1.165, 1.54) is 6.07 Å². The van der Waals surface area contributed by atoms with Crippen LogP contribution in [0.3, 0.4) is 0 Å². The van der Waals surface area contributed by atoms with Gasteiger partial charge >= 0.3 is 12.2 Å². The van der Waals surface area contributed by atoms with Crippen LogP contribution < -0.4 is 20.7 Å². The maximum Gasteiger partial charge on any atom is 0.418 e. The predicted octanol–water partition coefficient (Wildman–Crippen LogP) is 5.30. The lowest BCUT2D eigenvalue weighted by Gasteiger charge is -2.16. The molecular weight excluding hydrogens is 463 g/mol. The van der Waals surface area contributed by atoms with Gasteiger partial charge in [-0.3, -0.25) is 4.79 Å². The molecule has 0 saturated heterocycles. The maximum absolute atomic E-state index is 13.6. The number of hydrogen-bond acceptors (Lipinski definition) is 4. The first kappa shape index (κ1) is 25.6. The summed E-state index contributed by atoms with van der Waals surface area (Å²) < 4.78 is 51.3. The van der Waals surface area contributed by atoms with Gasteiger partial charge in [0.2, 0.25) is 0 Å². The lowest BCUT2D eigenvalue weighted by atomic mass is 10.1. The van der Waals surface area contributed by atoms with Crippen LogP contribution in [0.4, 0.5) is 29.3 Å². The van der Waals surface area contributed by atoms with Crippen LogP contribution in [0, 0.1) is 0 Å². The number of anilines is 2. The Hall–Kier alpha value is -4.05. The predicted molar refractivity (Wildman–Crippen MR) is 126 cm³/mol. The Labute approximate surface area is 200 Å². The van der Waals surface area contributed by atoms with Crippen molar-refractivity contribution in [2.75, 3.05) is 31.0 Å². The number of halogens is 3. The number of carbonyl (C=O) groups excluding carboxylic acids is 2. The fraction of sp³-hybridized carbons (Fsp3) is 0.200. The number of alkyl halides is 3. The van der Waals surface area contributed by atoms with Gasteiger partial charge in [-0.25, -0.2) is 4.79 Å². The smallest absolute Gasteiger partial charge is 0.418 e. The number of ether oxygens (including phenoxy) is 2. The molecule has 3 aromatic rings. The highest BCUT2D eigenvalue weighted by Gasteiger charge is 2.34. The first-order valence-corrected chi connectivity index (χ1v) is 10.6. The van der Waals surface area contributed by atoms with Gasteiger partial charge in [-0.1, -0.05) is 30.3 Å². The zero-order valence-corrected chi connectivity index (χ0v) is 18.8. The van der Waals surface area contributed by atoms with E-state index in [0.29, 0.717) is 24.5 Å². The molecule has 10 heteroatoms. The number of benzene rings is 3. The average molecular weight is 487 g/mol. The zero-order valence-electron chi connectivity index (χ0n) is 18.8. The van der Waals surface area contributed by atoms with Crippen molar-refractivity contribution in [2.24, 2.45) is 0 Å². The third kappa shape index (κ3) is 7.75. The van der Waals surface area contributed by atoms with Crippen molar-refractivity contribution in [2.45, 2.75) is 12.7 Å². The quantitative estimate of drug-likeness (QED) is 0.357. The van der Waals surface area contributed by atoms with Gasteiger partial charge in [-0.05, 0) is 48.0 Å². The van der Waals surface area contributed by atoms with Crippen LogP contribution >= 0.6 is 0 Å². The third-order valence-corrected chi connectivity index (χ3v) is 4.80. The number of amides is 3. The van der Waals surface area contributed by atoms with Crippen molar-refractivity contribution in [3.63, 3.8) is 0 Å². The molecule has 3 rings (SSSR count). The Morgan fingerprint density at radius 3 is 2.26 bits per heavy atom. The first-order valence-electron chi connectivity index (χ1n) is 10.6. The van der Waals surface area contributed by atoms with Crippen LogP contribution in [-0.2, 0) is 17.5 Å². The molecule has 0 unspecified atom stereocenters. The van der Waals surface area contributed by atoms with Gasteiger partial charge in [-0.2, -0.15) is 13.2 Å². The number of methoxy groups -OCH3 is 1. The molecule has 3 aromatic carbocycles. The Morgan fingerprint density at radius 1 is 0.886 bits per heavy atom. The van der Waals surface area contributed by atoms with E-state index >= 15 is 0 Å². The molecule has 0 heterocycles. The first-order chi connectivity index (χ1) is 16.8. The molecule has 0 saturated carbocycles. The zero-order chi connectivity index (χ0) is 25.3. The molecule has 0 radical (unpaired) electrons. The van der Waals surface area contributed by atoms with Crippen LogP contribution in [0.2, 0.25) is 0 Å². The lowest BCUT2D eigenvalue weighted by Crippen LogP contribution is -2.29. The monoisotopic (exact) mass is 487 g/mol. The normalized spacial score (nSPS) is 11.0. The number of hydrogen-bond donors (Lipinski definition) is 3. The van der Waals surface area contributed by atoms with E-state index in [9.17, 15) is 22.8 Å². The van der Waals surface area contributed by atoms with E-state index in [-0.39, 0.29) is 12.2 Å². The summed E-state index contributed by atoms with van der Waals surface area (Å²) in [5.41, 5.74) is -0.540. The number of urea groups is 1. The summed E-state index contributed by atoms with van der Waals surface area (Å²) >= 11 is 0. The molecule has 3 amide bonds. The maximum atomic E-state index is 13.6. The minimum absolute atomic E-state index is 0.0510. The van der Waals surface area contributed by atoms with Crippen LogP contribution in [-0.4, -0.2) is 32.3 Å². The largest absolute Gasteiger partial charge is 0.491 e. The molecule has 184 valence electrons. The second-order valence-corrected chi connectivity index (χ2v) is 7.37. The summed E-state index contributed by atoms with van der Waals surface area (Å²) in [7, 11) is 1.57. The molecule has 0 spiro atoms. The Balaban J connectivity index is 1.62. The molecule has 0 aromatic heterocycles. The van der Waals surface area contributed by atoms with Gasteiger partial charge < -0.3 is 25.4 Å². The van der Waals surface area contributed by atoms with Gasteiger partial charge in [0.25, 0.3) is 5.91 Å². The van der Waals surface area contributed by atoms with Crippen molar-refractivity contribution in [1.29, 1.82) is 0 Å². The fourth-order valence-electron chi connectivity index (χ4n) is 3.05. The molecule has 0 aliphatic rings. The second-order valence-electron chi connectivity index (χ2n) is 7.37. The average Bonchev–Trinajstić information content (AvgIpc) is 2.84. The summed E-state index contributed by atoms with van der Waals surface area (Å²) in [5, 5.41) is 7.18. The SMILES string of the molecule is COCCOc1ccc(CNC(=O)Nc2ccc(NC(=O)c3ccccc3)cc2C(F)(F)F)cc1.